The van der Waals surface area contributed by atoms with E-state index in [0.29, 0.717) is 0 Å². The maximum atomic E-state index is 10.2. The van der Waals surface area contributed by atoms with E-state index in [0.717, 1.165) is 12.8 Å². The van der Waals surface area contributed by atoms with E-state index in [1.54, 1.807) is 41.5 Å². The molecule has 0 N–H and O–H groups in total. The van der Waals surface area contributed by atoms with Gasteiger partial charge in [-0.15, -0.1) is 18.3 Å². The van der Waals surface area contributed by atoms with Gasteiger partial charge in [-0.05, 0) is 12.8 Å². The van der Waals surface area contributed by atoms with Crippen LogP contribution in [-0.4, -0.2) is 24.3 Å². The fourth-order valence-corrected chi connectivity index (χ4v) is 2.64. The molecule has 5 nitrogen and oxygen atoms in total. The average molecular weight is 552 g/mol. The molecule has 198 valence electrons. The van der Waals surface area contributed by atoms with Crippen LogP contribution in [-0.2, 0) is 31.0 Å². The van der Waals surface area contributed by atoms with Gasteiger partial charge in [-0.25, -0.2) is 0 Å². The van der Waals surface area contributed by atoms with Crippen molar-refractivity contribution in [3.05, 3.63) is 0 Å². The molecule has 33 heavy (non-hydrogen) atoms. The zero-order valence-corrected chi connectivity index (χ0v) is 25.5. The van der Waals surface area contributed by atoms with Gasteiger partial charge in [0.25, 0.3) is 0 Å². The van der Waals surface area contributed by atoms with Gasteiger partial charge in [0, 0.05) is 5.97 Å². The van der Waals surface area contributed by atoms with Gasteiger partial charge in [0.2, 0.25) is 0 Å². The van der Waals surface area contributed by atoms with Crippen LogP contribution in [0.15, 0.2) is 0 Å². The Hall–Kier alpha value is 0.233. The molecule has 0 radical (unpaired) electrons. The van der Waals surface area contributed by atoms with Crippen LogP contribution >= 0.6 is 0 Å². The van der Waals surface area contributed by atoms with Crippen LogP contribution in [0.5, 0.6) is 0 Å². The number of carbonyl (C=O) groups excluding carboxylic acids is 1. The second kappa shape index (κ2) is 39.4. The predicted molar refractivity (Wildman–Crippen MR) is 130 cm³/mol. The van der Waals surface area contributed by atoms with Crippen molar-refractivity contribution in [1.82, 2.24) is 0 Å². The molecule has 0 amide bonds. The number of aliphatic carboxylic acids is 1. The Labute approximate surface area is 226 Å². The van der Waals surface area contributed by atoms with Crippen LogP contribution in [0.4, 0.5) is 0 Å². The monoisotopic (exact) mass is 550 g/mol. The van der Waals surface area contributed by atoms with Crippen molar-refractivity contribution < 1.29 is 51.4 Å². The molecule has 0 aliphatic rings. The van der Waals surface area contributed by atoms with E-state index in [1.807, 2.05) is 0 Å². The Morgan fingerprint density at radius 1 is 0.515 bits per heavy atom. The van der Waals surface area contributed by atoms with Crippen molar-refractivity contribution in [2.24, 2.45) is 0 Å². The van der Waals surface area contributed by atoms with E-state index in [4.69, 9.17) is 0 Å². The van der Waals surface area contributed by atoms with Crippen LogP contribution in [0.2, 0.25) is 0 Å². The van der Waals surface area contributed by atoms with Gasteiger partial charge in [-0.1, -0.05) is 138 Å². The van der Waals surface area contributed by atoms with Gasteiger partial charge >= 0.3 is 26.2 Å². The summed E-state index contributed by atoms with van der Waals surface area (Å²) in [5, 5.41) is 38.8. The first-order chi connectivity index (χ1) is 15.0. The molecule has 0 heterocycles. The summed E-state index contributed by atoms with van der Waals surface area (Å²) in [6.07, 6.45) is 18.6. The summed E-state index contributed by atoms with van der Waals surface area (Å²) in [5.74, 6) is -0.903. The quantitative estimate of drug-likeness (QED) is 0.266. The van der Waals surface area contributed by atoms with Crippen LogP contribution in [0.1, 0.15) is 151 Å². The first-order valence-electron chi connectivity index (χ1n) is 13.1. The van der Waals surface area contributed by atoms with E-state index in [-0.39, 0.29) is 32.6 Å². The summed E-state index contributed by atoms with van der Waals surface area (Å²) < 4.78 is 0. The molecule has 0 fully saturated rings. The molecule has 0 rings (SSSR count). The zero-order valence-electron chi connectivity index (χ0n) is 23.1. The normalized spacial score (nSPS) is 9.85. The van der Waals surface area contributed by atoms with Gasteiger partial charge < -0.3 is 25.2 Å². The Bertz CT molecular complexity index is 301. The zero-order chi connectivity index (χ0) is 25.6. The molecule has 0 aromatic heterocycles. The largest absolute Gasteiger partial charge is 4.00 e. The van der Waals surface area contributed by atoms with Gasteiger partial charge in [0.1, 0.15) is 0 Å². The summed E-state index contributed by atoms with van der Waals surface area (Å²) in [6, 6.07) is 0. The molecule has 0 aliphatic carbocycles. The van der Waals surface area contributed by atoms with Gasteiger partial charge in [-0.3, -0.25) is 0 Å². The van der Waals surface area contributed by atoms with Crippen molar-refractivity contribution in [1.29, 1.82) is 0 Å². The Morgan fingerprint density at radius 3 is 0.879 bits per heavy atom. The van der Waals surface area contributed by atoms with Crippen molar-refractivity contribution >= 4 is 5.97 Å². The Morgan fingerprint density at radius 2 is 0.697 bits per heavy atom. The predicted octanol–water partition coefficient (Wildman–Crippen LogP) is 4.26. The standard InChI is InChI=1S/C18H36O2.3C3H7O.Zr/c1-2-3-4-5-6-7-8-9-10-11-12-13-14-15-16-17-18(19)20;3*1-3(2)4;/h2-17H2,1H3,(H,19,20);3*3H,1-2H3;/q;3*-1;+4/p-1. The third-order valence-corrected chi connectivity index (χ3v) is 3.98. The summed E-state index contributed by atoms with van der Waals surface area (Å²) in [5.41, 5.74) is 0. The molecule has 0 aliphatic heterocycles. The molecular weight excluding hydrogens is 496 g/mol. The molecule has 0 atom stereocenters. The average Bonchev–Trinajstić information content (AvgIpc) is 2.63. The first kappa shape index (κ1) is 43.3. The van der Waals surface area contributed by atoms with Crippen LogP contribution in [0.3, 0.4) is 0 Å². The summed E-state index contributed by atoms with van der Waals surface area (Å²) in [4.78, 5) is 10.2. The number of hydrogen-bond donors (Lipinski definition) is 0. The van der Waals surface area contributed by atoms with Crippen molar-refractivity contribution in [3.63, 3.8) is 0 Å². The minimum absolute atomic E-state index is 0. The van der Waals surface area contributed by atoms with E-state index < -0.39 is 24.3 Å². The molecule has 0 aromatic rings. The van der Waals surface area contributed by atoms with E-state index in [1.165, 1.54) is 83.5 Å². The number of carboxylic acids is 1. The van der Waals surface area contributed by atoms with Crippen molar-refractivity contribution in [3.8, 4) is 0 Å². The number of carboxylic acid groups (broad SMARTS) is 1. The number of carbonyl (C=O) groups is 1. The van der Waals surface area contributed by atoms with Crippen molar-refractivity contribution in [2.45, 2.75) is 170 Å². The van der Waals surface area contributed by atoms with E-state index >= 15 is 0 Å². The van der Waals surface area contributed by atoms with E-state index in [9.17, 15) is 25.2 Å². The summed E-state index contributed by atoms with van der Waals surface area (Å²) in [7, 11) is 0. The maximum Gasteiger partial charge on any atom is 4.00 e. The summed E-state index contributed by atoms with van der Waals surface area (Å²) >= 11 is 0. The summed E-state index contributed by atoms with van der Waals surface area (Å²) in [6.45, 7) is 11.9. The topological polar surface area (TPSA) is 109 Å². The Kier molecular flexibility index (Phi) is 51.8. The third-order valence-electron chi connectivity index (χ3n) is 3.98. The molecule has 0 spiro atoms. The maximum absolute atomic E-state index is 10.2. The molecular formula is C27H56O5Zr. The fraction of sp³-hybridized carbons (Fsp3) is 0.963. The number of rotatable bonds is 16. The van der Waals surface area contributed by atoms with Crippen LogP contribution < -0.4 is 20.4 Å². The first-order valence-corrected chi connectivity index (χ1v) is 13.1. The fourth-order valence-electron chi connectivity index (χ4n) is 2.64. The molecule has 0 saturated carbocycles. The second-order valence-corrected chi connectivity index (χ2v) is 9.22. The van der Waals surface area contributed by atoms with Gasteiger partial charge in [0.05, 0.1) is 0 Å². The van der Waals surface area contributed by atoms with Crippen LogP contribution in [0.25, 0.3) is 0 Å². The molecule has 0 bridgehead atoms. The van der Waals surface area contributed by atoms with Crippen LogP contribution in [0, 0.1) is 0 Å². The molecule has 0 unspecified atom stereocenters. The second-order valence-electron chi connectivity index (χ2n) is 9.22. The molecule has 6 heteroatoms. The molecule has 0 aromatic carbocycles. The number of hydrogen-bond acceptors (Lipinski definition) is 5. The SMILES string of the molecule is CC(C)[O-].CC(C)[O-].CC(C)[O-].CCCCCCCCCCCCCCCCCC(=O)[O-].[Zr+4]. The third kappa shape index (κ3) is 99.2. The van der Waals surface area contributed by atoms with Gasteiger partial charge in [-0.2, -0.15) is 0 Å². The Balaban J connectivity index is -0.000000165. The van der Waals surface area contributed by atoms with Crippen molar-refractivity contribution in [2.75, 3.05) is 0 Å². The minimum atomic E-state index is -0.903. The van der Waals surface area contributed by atoms with E-state index in [2.05, 4.69) is 6.92 Å². The molecule has 0 saturated heterocycles. The number of unbranched alkanes of at least 4 members (excludes halogenated alkanes) is 14. The van der Waals surface area contributed by atoms with Gasteiger partial charge in [0.15, 0.2) is 0 Å². The smallest absolute Gasteiger partial charge is 0.852 e. The minimum Gasteiger partial charge on any atom is -0.852 e.